The van der Waals surface area contributed by atoms with E-state index in [0.29, 0.717) is 27.8 Å². The van der Waals surface area contributed by atoms with E-state index in [9.17, 15) is 29.3 Å². The second-order valence-corrected chi connectivity index (χ2v) is 10.9. The summed E-state index contributed by atoms with van der Waals surface area (Å²) in [6.45, 7) is 1.33. The summed E-state index contributed by atoms with van der Waals surface area (Å²) in [5, 5.41) is 11.4. The number of non-ortho nitro benzene ring substituents is 1. The van der Waals surface area contributed by atoms with Crippen molar-refractivity contribution in [2.24, 2.45) is 11.8 Å². The predicted octanol–water partition coefficient (Wildman–Crippen LogP) is 5.84. The van der Waals surface area contributed by atoms with Crippen LogP contribution < -0.4 is 4.90 Å². The maximum Gasteiger partial charge on any atom is 0.339 e. The Morgan fingerprint density at radius 2 is 1.60 bits per heavy atom. The first kappa shape index (κ1) is 27.9. The number of amides is 2. The van der Waals surface area contributed by atoms with E-state index in [4.69, 9.17) is 9.72 Å². The monoisotopic (exact) mass is 577 g/mol. The Bertz CT molecular complexity index is 1770. The number of hydrogen-bond donors (Lipinski definition) is 0. The number of benzene rings is 3. The van der Waals surface area contributed by atoms with E-state index < -0.39 is 23.3 Å². The molecule has 1 aromatic heterocycles. The molecule has 6 rings (SSSR count). The number of carbonyl (C=O) groups is 4. The summed E-state index contributed by atoms with van der Waals surface area (Å²) in [5.41, 5.74) is 3.34. The number of carbonyl (C=O) groups excluding carboxylic acids is 4. The zero-order valence-electron chi connectivity index (χ0n) is 23.3. The van der Waals surface area contributed by atoms with Gasteiger partial charge in [0.2, 0.25) is 11.8 Å². The van der Waals surface area contributed by atoms with Crippen molar-refractivity contribution < 1.29 is 28.8 Å². The zero-order valence-corrected chi connectivity index (χ0v) is 23.3. The average molecular weight is 578 g/mol. The topological polar surface area (TPSA) is 137 Å². The Balaban J connectivity index is 1.26. The number of rotatable bonds is 7. The van der Waals surface area contributed by atoms with Crippen LogP contribution in [-0.2, 0) is 14.3 Å². The van der Waals surface area contributed by atoms with Gasteiger partial charge in [-0.25, -0.2) is 9.78 Å². The average Bonchev–Trinajstić information content (AvgIpc) is 3.28. The second kappa shape index (κ2) is 11.2. The van der Waals surface area contributed by atoms with Gasteiger partial charge in [-0.2, -0.15) is 0 Å². The van der Waals surface area contributed by atoms with Crippen molar-refractivity contribution in [2.45, 2.75) is 32.6 Å². The van der Waals surface area contributed by atoms with Crippen LogP contribution in [0.25, 0.3) is 22.2 Å². The van der Waals surface area contributed by atoms with Gasteiger partial charge in [-0.05, 0) is 55.7 Å². The van der Waals surface area contributed by atoms with Gasteiger partial charge in [0.05, 0.1) is 39.2 Å². The van der Waals surface area contributed by atoms with Crippen LogP contribution in [0.5, 0.6) is 0 Å². The van der Waals surface area contributed by atoms with E-state index in [-0.39, 0.29) is 40.5 Å². The highest BCUT2D eigenvalue weighted by Crippen LogP contribution is 2.40. The van der Waals surface area contributed by atoms with Gasteiger partial charge in [0.15, 0.2) is 12.4 Å². The smallest absolute Gasteiger partial charge is 0.339 e. The maximum absolute atomic E-state index is 13.3. The van der Waals surface area contributed by atoms with Crippen molar-refractivity contribution in [3.8, 4) is 11.3 Å². The van der Waals surface area contributed by atoms with Gasteiger partial charge in [0.1, 0.15) is 0 Å². The summed E-state index contributed by atoms with van der Waals surface area (Å²) in [6, 6.07) is 19.0. The Hall–Kier alpha value is -5.25. The van der Waals surface area contributed by atoms with Crippen molar-refractivity contribution >= 4 is 45.8 Å². The lowest BCUT2D eigenvalue weighted by Gasteiger charge is -2.19. The highest BCUT2D eigenvalue weighted by molar-refractivity contribution is 6.22. The predicted molar refractivity (Wildman–Crippen MR) is 158 cm³/mol. The molecule has 4 aromatic rings. The third-order valence-electron chi connectivity index (χ3n) is 8.26. The number of para-hydroxylation sites is 1. The minimum atomic E-state index is -0.720. The first-order chi connectivity index (χ1) is 20.7. The SMILES string of the molecule is Cc1cccc2c(C(=O)OCC(=O)c3ccc([N+](=O)[O-])cc3)cc(-c3ccc(N4C(=O)C5CCCCC5C4=O)cc3)nc12. The molecule has 0 N–H and O–H groups in total. The number of Topliss-reactive ketones (excluding diaryl/α,β-unsaturated/α-hetero) is 1. The van der Waals surface area contributed by atoms with Crippen LogP contribution in [0.4, 0.5) is 11.4 Å². The molecule has 216 valence electrons. The lowest BCUT2D eigenvalue weighted by molar-refractivity contribution is -0.384. The molecule has 2 amide bonds. The van der Waals surface area contributed by atoms with Gasteiger partial charge >= 0.3 is 5.97 Å². The maximum atomic E-state index is 13.3. The quantitative estimate of drug-likeness (QED) is 0.0879. The van der Waals surface area contributed by atoms with E-state index in [1.54, 1.807) is 42.5 Å². The molecule has 3 aromatic carbocycles. The van der Waals surface area contributed by atoms with Crippen molar-refractivity contribution in [2.75, 3.05) is 11.5 Å². The molecule has 0 radical (unpaired) electrons. The molecular formula is C33H27N3O7. The lowest BCUT2D eigenvalue weighted by atomic mass is 9.81. The third-order valence-corrected chi connectivity index (χ3v) is 8.26. The van der Waals surface area contributed by atoms with Crippen LogP contribution in [0.3, 0.4) is 0 Å². The Morgan fingerprint density at radius 1 is 0.953 bits per heavy atom. The van der Waals surface area contributed by atoms with Crippen LogP contribution in [0.2, 0.25) is 0 Å². The molecule has 2 aliphatic rings. The van der Waals surface area contributed by atoms with Gasteiger partial charge in [-0.15, -0.1) is 0 Å². The fourth-order valence-corrected chi connectivity index (χ4v) is 5.97. The molecular weight excluding hydrogens is 550 g/mol. The molecule has 0 bridgehead atoms. The fraction of sp³-hybridized carbons (Fsp3) is 0.242. The molecule has 1 aliphatic heterocycles. The number of ether oxygens (including phenoxy) is 1. The van der Waals surface area contributed by atoms with Gasteiger partial charge in [0.25, 0.3) is 5.69 Å². The van der Waals surface area contributed by atoms with E-state index in [2.05, 4.69) is 0 Å². The number of imide groups is 1. The van der Waals surface area contributed by atoms with Crippen molar-refractivity contribution in [1.82, 2.24) is 4.98 Å². The van der Waals surface area contributed by atoms with Gasteiger partial charge in [-0.3, -0.25) is 29.4 Å². The summed E-state index contributed by atoms with van der Waals surface area (Å²) >= 11 is 0. The Morgan fingerprint density at radius 3 is 2.23 bits per heavy atom. The number of aryl methyl sites for hydroxylation is 1. The minimum Gasteiger partial charge on any atom is -0.454 e. The number of ketones is 1. The van der Waals surface area contributed by atoms with Crippen LogP contribution in [0, 0.1) is 28.9 Å². The Labute approximate surface area is 246 Å². The number of anilines is 1. The van der Waals surface area contributed by atoms with Gasteiger partial charge in [0, 0.05) is 28.6 Å². The molecule has 1 saturated heterocycles. The van der Waals surface area contributed by atoms with E-state index in [1.165, 1.54) is 29.2 Å². The molecule has 1 aliphatic carbocycles. The lowest BCUT2D eigenvalue weighted by Crippen LogP contribution is -2.30. The molecule has 43 heavy (non-hydrogen) atoms. The highest BCUT2D eigenvalue weighted by atomic mass is 16.6. The molecule has 2 unspecified atom stereocenters. The van der Waals surface area contributed by atoms with E-state index in [0.717, 1.165) is 31.2 Å². The van der Waals surface area contributed by atoms with E-state index >= 15 is 0 Å². The summed E-state index contributed by atoms with van der Waals surface area (Å²) in [7, 11) is 0. The highest BCUT2D eigenvalue weighted by Gasteiger charge is 2.48. The largest absolute Gasteiger partial charge is 0.454 e. The third kappa shape index (κ3) is 5.16. The van der Waals surface area contributed by atoms with Crippen LogP contribution in [0.1, 0.15) is 52.0 Å². The molecule has 10 nitrogen and oxygen atoms in total. The van der Waals surface area contributed by atoms with Crippen molar-refractivity contribution in [3.05, 3.63) is 99.6 Å². The van der Waals surface area contributed by atoms with Crippen LogP contribution in [0.15, 0.2) is 72.8 Å². The standard InChI is InChI=1S/C33H27N3O7/c1-19-5-4-8-24-27(33(40)43-18-29(37)21-11-15-23(16-12-21)36(41)42)17-28(34-30(19)24)20-9-13-22(14-10-20)35-31(38)25-6-2-3-7-26(25)32(35)39/h4-5,8-17,25-26H,2-3,6-7,18H2,1H3. The number of nitrogens with zero attached hydrogens (tertiary/aromatic N) is 3. The number of fused-ring (bicyclic) bond motifs is 2. The number of hydrogen-bond acceptors (Lipinski definition) is 8. The Kier molecular flexibility index (Phi) is 7.27. The second-order valence-electron chi connectivity index (χ2n) is 10.9. The first-order valence-corrected chi connectivity index (χ1v) is 14.1. The number of nitro groups is 1. The first-order valence-electron chi connectivity index (χ1n) is 14.1. The number of pyridine rings is 1. The van der Waals surface area contributed by atoms with Crippen LogP contribution in [-0.4, -0.2) is 40.1 Å². The van der Waals surface area contributed by atoms with Crippen LogP contribution >= 0.6 is 0 Å². The molecule has 2 fully saturated rings. The number of aromatic nitrogens is 1. The minimum absolute atomic E-state index is 0.143. The van der Waals surface area contributed by atoms with Gasteiger partial charge < -0.3 is 4.74 Å². The molecule has 2 heterocycles. The summed E-state index contributed by atoms with van der Waals surface area (Å²) < 4.78 is 5.39. The summed E-state index contributed by atoms with van der Waals surface area (Å²) in [6.07, 6.45) is 3.39. The molecule has 0 spiro atoms. The molecule has 1 saturated carbocycles. The summed E-state index contributed by atoms with van der Waals surface area (Å²) in [4.78, 5) is 68.4. The van der Waals surface area contributed by atoms with Crippen molar-refractivity contribution in [3.63, 3.8) is 0 Å². The molecule has 10 heteroatoms. The number of esters is 1. The van der Waals surface area contributed by atoms with Gasteiger partial charge in [-0.1, -0.05) is 43.2 Å². The molecule has 2 atom stereocenters. The summed E-state index contributed by atoms with van der Waals surface area (Å²) in [5.74, 6) is -1.99. The fourth-order valence-electron chi connectivity index (χ4n) is 5.97. The zero-order chi connectivity index (χ0) is 30.2. The van der Waals surface area contributed by atoms with Crippen molar-refractivity contribution in [1.29, 1.82) is 0 Å². The normalized spacial score (nSPS) is 18.0. The van der Waals surface area contributed by atoms with E-state index in [1.807, 2.05) is 13.0 Å². The number of nitro benzene ring substituents is 1.